The van der Waals surface area contributed by atoms with Gasteiger partial charge in [-0.05, 0) is 18.2 Å². The van der Waals surface area contributed by atoms with Gasteiger partial charge in [-0.2, -0.15) is 0 Å². The van der Waals surface area contributed by atoms with E-state index >= 15 is 0 Å². The van der Waals surface area contributed by atoms with Gasteiger partial charge in [0.25, 0.3) is 5.91 Å². The van der Waals surface area contributed by atoms with Gasteiger partial charge in [0, 0.05) is 18.3 Å². The van der Waals surface area contributed by atoms with E-state index in [0.717, 1.165) is 5.56 Å². The largest absolute Gasteiger partial charge is 0.481 e. The quantitative estimate of drug-likeness (QED) is 0.869. The van der Waals surface area contributed by atoms with Gasteiger partial charge in [0.2, 0.25) is 5.88 Å². The van der Waals surface area contributed by atoms with E-state index in [4.69, 9.17) is 16.3 Å². The molecule has 0 aliphatic heterocycles. The number of methoxy groups -OCH3 is 1. The molecule has 0 spiro atoms. The van der Waals surface area contributed by atoms with Crippen LogP contribution in [0.25, 0.3) is 0 Å². The molecule has 2 aromatic rings. The zero-order valence-corrected chi connectivity index (χ0v) is 11.0. The Morgan fingerprint density at radius 3 is 2.95 bits per heavy atom. The number of ether oxygens (including phenoxy) is 1. The van der Waals surface area contributed by atoms with E-state index in [-0.39, 0.29) is 16.8 Å². The molecule has 1 N–H and O–H groups in total. The Balaban J connectivity index is 2.04. The van der Waals surface area contributed by atoms with Crippen molar-refractivity contribution in [3.8, 4) is 5.88 Å². The first-order valence-corrected chi connectivity index (χ1v) is 5.97. The van der Waals surface area contributed by atoms with Crippen LogP contribution in [0.1, 0.15) is 16.1 Å². The Morgan fingerprint density at radius 1 is 1.37 bits per heavy atom. The summed E-state index contributed by atoms with van der Waals surface area (Å²) in [5, 5.41) is 3.02. The van der Waals surface area contributed by atoms with Crippen molar-refractivity contribution in [2.45, 2.75) is 6.54 Å². The minimum absolute atomic E-state index is 0.273. The lowest BCUT2D eigenvalue weighted by Gasteiger charge is -2.08. The number of carbonyl (C=O) groups is 1. The lowest BCUT2D eigenvalue weighted by atomic mass is 10.2. The molecular weight excluding hydrogens is 266 g/mol. The van der Waals surface area contributed by atoms with Crippen LogP contribution >= 0.6 is 11.6 Å². The predicted molar refractivity (Wildman–Crippen MR) is 71.2 cm³/mol. The molecule has 0 saturated heterocycles. The first kappa shape index (κ1) is 13.3. The number of rotatable bonds is 4. The number of pyridine rings is 2. The summed E-state index contributed by atoms with van der Waals surface area (Å²) in [6.07, 6.45) is 1.63. The van der Waals surface area contributed by atoms with E-state index in [1.54, 1.807) is 30.5 Å². The molecule has 0 unspecified atom stereocenters. The molecule has 98 valence electrons. The van der Waals surface area contributed by atoms with Crippen LogP contribution in [0, 0.1) is 0 Å². The van der Waals surface area contributed by atoms with Crippen LogP contribution < -0.4 is 10.1 Å². The highest BCUT2D eigenvalue weighted by molar-refractivity contribution is 6.29. The number of halogens is 1. The van der Waals surface area contributed by atoms with Crippen molar-refractivity contribution in [3.05, 3.63) is 52.9 Å². The second-order valence-corrected chi connectivity index (χ2v) is 4.09. The highest BCUT2D eigenvalue weighted by Gasteiger charge is 2.09. The van der Waals surface area contributed by atoms with Gasteiger partial charge in [-0.15, -0.1) is 0 Å². The van der Waals surface area contributed by atoms with Gasteiger partial charge < -0.3 is 10.1 Å². The van der Waals surface area contributed by atoms with Crippen molar-refractivity contribution in [1.29, 1.82) is 0 Å². The van der Waals surface area contributed by atoms with Crippen molar-refractivity contribution in [1.82, 2.24) is 15.3 Å². The third-order valence-corrected chi connectivity index (χ3v) is 2.64. The first-order valence-electron chi connectivity index (χ1n) is 5.59. The second kappa shape index (κ2) is 6.15. The van der Waals surface area contributed by atoms with E-state index < -0.39 is 0 Å². The highest BCUT2D eigenvalue weighted by Crippen LogP contribution is 2.13. The summed E-state index contributed by atoms with van der Waals surface area (Å²) >= 11 is 5.73. The summed E-state index contributed by atoms with van der Waals surface area (Å²) in [4.78, 5) is 19.9. The standard InChI is InChI=1S/C13H12ClN3O2/c1-19-13-9(4-3-7-15-13)8-16-12(18)10-5-2-6-11(14)17-10/h2-7H,8H2,1H3,(H,16,18). The molecule has 0 aliphatic carbocycles. The van der Waals surface area contributed by atoms with Crippen LogP contribution in [0.15, 0.2) is 36.5 Å². The normalized spacial score (nSPS) is 10.0. The molecule has 0 aromatic carbocycles. The summed E-state index contributed by atoms with van der Waals surface area (Å²) in [5.41, 5.74) is 1.07. The van der Waals surface area contributed by atoms with Crippen molar-refractivity contribution in [2.24, 2.45) is 0 Å². The number of nitrogens with one attached hydrogen (secondary N) is 1. The van der Waals surface area contributed by atoms with Gasteiger partial charge in [0.1, 0.15) is 10.8 Å². The van der Waals surface area contributed by atoms with Crippen LogP contribution in [0.5, 0.6) is 5.88 Å². The lowest BCUT2D eigenvalue weighted by molar-refractivity contribution is 0.0945. The SMILES string of the molecule is COc1ncccc1CNC(=O)c1cccc(Cl)n1. The average molecular weight is 278 g/mol. The van der Waals surface area contributed by atoms with Crippen LogP contribution in [-0.2, 0) is 6.54 Å². The van der Waals surface area contributed by atoms with Crippen LogP contribution in [0.3, 0.4) is 0 Å². The second-order valence-electron chi connectivity index (χ2n) is 3.70. The molecule has 0 fully saturated rings. The Hall–Kier alpha value is -2.14. The van der Waals surface area contributed by atoms with Crippen molar-refractivity contribution in [2.75, 3.05) is 7.11 Å². The number of hydrogen-bond acceptors (Lipinski definition) is 4. The lowest BCUT2D eigenvalue weighted by Crippen LogP contribution is -2.24. The molecule has 0 aliphatic rings. The van der Waals surface area contributed by atoms with Gasteiger partial charge in [-0.1, -0.05) is 23.7 Å². The Bertz CT molecular complexity index is 590. The Morgan fingerprint density at radius 2 is 2.21 bits per heavy atom. The molecular formula is C13H12ClN3O2. The topological polar surface area (TPSA) is 64.1 Å². The fourth-order valence-electron chi connectivity index (χ4n) is 1.54. The van der Waals surface area contributed by atoms with Gasteiger partial charge in [-0.25, -0.2) is 9.97 Å². The van der Waals surface area contributed by atoms with E-state index in [1.165, 1.54) is 7.11 Å². The Kier molecular flexibility index (Phi) is 4.30. The summed E-state index contributed by atoms with van der Waals surface area (Å²) < 4.78 is 5.10. The molecule has 5 nitrogen and oxygen atoms in total. The number of aromatic nitrogens is 2. The minimum Gasteiger partial charge on any atom is -0.481 e. The van der Waals surface area contributed by atoms with E-state index in [1.807, 2.05) is 6.07 Å². The smallest absolute Gasteiger partial charge is 0.270 e. The number of amides is 1. The van der Waals surface area contributed by atoms with E-state index in [0.29, 0.717) is 12.4 Å². The monoisotopic (exact) mass is 277 g/mol. The third kappa shape index (κ3) is 3.42. The van der Waals surface area contributed by atoms with Crippen LogP contribution in [-0.4, -0.2) is 23.0 Å². The molecule has 0 bridgehead atoms. The van der Waals surface area contributed by atoms with Crippen molar-refractivity contribution in [3.63, 3.8) is 0 Å². The van der Waals surface area contributed by atoms with Crippen molar-refractivity contribution < 1.29 is 9.53 Å². The summed E-state index contributed by atoms with van der Waals surface area (Å²) in [6.45, 7) is 0.310. The molecule has 6 heteroatoms. The van der Waals surface area contributed by atoms with Crippen LogP contribution in [0.2, 0.25) is 5.15 Å². The third-order valence-electron chi connectivity index (χ3n) is 2.43. The molecule has 2 heterocycles. The molecule has 0 radical (unpaired) electrons. The van der Waals surface area contributed by atoms with Gasteiger partial charge in [0.05, 0.1) is 7.11 Å². The maximum atomic E-state index is 11.9. The maximum Gasteiger partial charge on any atom is 0.270 e. The number of nitrogens with zero attached hydrogens (tertiary/aromatic N) is 2. The first-order chi connectivity index (χ1) is 9.20. The average Bonchev–Trinajstić information content (AvgIpc) is 2.45. The zero-order valence-electron chi connectivity index (χ0n) is 10.3. The summed E-state index contributed by atoms with van der Waals surface area (Å²) in [7, 11) is 1.53. The summed E-state index contributed by atoms with van der Waals surface area (Å²) in [5.74, 6) is 0.190. The maximum absolute atomic E-state index is 11.9. The minimum atomic E-state index is -0.298. The van der Waals surface area contributed by atoms with E-state index in [2.05, 4.69) is 15.3 Å². The van der Waals surface area contributed by atoms with Crippen LogP contribution in [0.4, 0.5) is 0 Å². The molecule has 2 aromatic heterocycles. The number of carbonyl (C=O) groups excluding carboxylic acids is 1. The Labute approximate surface area is 115 Å². The van der Waals surface area contributed by atoms with Gasteiger partial charge in [-0.3, -0.25) is 4.79 Å². The fraction of sp³-hybridized carbons (Fsp3) is 0.154. The zero-order chi connectivity index (χ0) is 13.7. The highest BCUT2D eigenvalue weighted by atomic mass is 35.5. The van der Waals surface area contributed by atoms with Gasteiger partial charge >= 0.3 is 0 Å². The predicted octanol–water partition coefficient (Wildman–Crippen LogP) is 2.07. The molecule has 19 heavy (non-hydrogen) atoms. The van der Waals surface area contributed by atoms with Crippen molar-refractivity contribution >= 4 is 17.5 Å². The summed E-state index contributed by atoms with van der Waals surface area (Å²) in [6, 6.07) is 8.50. The number of hydrogen-bond donors (Lipinski definition) is 1. The fourth-order valence-corrected chi connectivity index (χ4v) is 1.71. The molecule has 2 rings (SSSR count). The van der Waals surface area contributed by atoms with Gasteiger partial charge in [0.15, 0.2) is 0 Å². The van der Waals surface area contributed by atoms with E-state index in [9.17, 15) is 4.79 Å². The molecule has 0 atom stereocenters. The molecule has 0 saturated carbocycles. The molecule has 1 amide bonds.